The van der Waals surface area contributed by atoms with Gasteiger partial charge < -0.3 is 18.6 Å². The molecule has 1 aromatic rings. The van der Waals surface area contributed by atoms with Gasteiger partial charge in [-0.25, -0.2) is 0 Å². The zero-order chi connectivity index (χ0) is 18.5. The zero-order valence-corrected chi connectivity index (χ0v) is 17.6. The van der Waals surface area contributed by atoms with E-state index in [4.69, 9.17) is 18.6 Å². The Morgan fingerprint density at radius 1 is 1.12 bits per heavy atom. The maximum Gasteiger partial charge on any atom is 0.192 e. The number of hydrogen-bond donors (Lipinski definition) is 0. The average molecular weight is 367 g/mol. The van der Waals surface area contributed by atoms with Crippen molar-refractivity contribution in [3.63, 3.8) is 0 Å². The van der Waals surface area contributed by atoms with E-state index in [1.807, 2.05) is 25.1 Å². The largest absolute Gasteiger partial charge is 0.414 e. The fourth-order valence-electron chi connectivity index (χ4n) is 2.58. The van der Waals surface area contributed by atoms with Crippen LogP contribution in [0.2, 0.25) is 18.1 Å². The van der Waals surface area contributed by atoms with Gasteiger partial charge in [0.1, 0.15) is 6.10 Å². The van der Waals surface area contributed by atoms with E-state index >= 15 is 0 Å². The molecule has 1 aliphatic rings. The van der Waals surface area contributed by atoms with E-state index in [-0.39, 0.29) is 23.5 Å². The summed E-state index contributed by atoms with van der Waals surface area (Å²) in [7, 11) is -1.81. The van der Waals surface area contributed by atoms with Crippen LogP contribution >= 0.6 is 0 Å². The van der Waals surface area contributed by atoms with E-state index in [1.54, 1.807) is 0 Å². The van der Waals surface area contributed by atoms with Gasteiger partial charge in [0.05, 0.1) is 19.3 Å². The van der Waals surface area contributed by atoms with Crippen molar-refractivity contribution in [2.45, 2.75) is 77.4 Å². The van der Waals surface area contributed by atoms with Crippen LogP contribution in [0.15, 0.2) is 30.3 Å². The predicted octanol–water partition coefficient (Wildman–Crippen LogP) is 4.75. The second-order valence-electron chi connectivity index (χ2n) is 8.20. The molecule has 0 saturated carbocycles. The topological polar surface area (TPSA) is 36.9 Å². The van der Waals surface area contributed by atoms with Gasteiger partial charge in [0, 0.05) is 13.0 Å². The highest BCUT2D eigenvalue weighted by molar-refractivity contribution is 6.74. The van der Waals surface area contributed by atoms with Crippen LogP contribution in [0, 0.1) is 0 Å². The first-order chi connectivity index (χ1) is 11.7. The monoisotopic (exact) mass is 366 g/mol. The lowest BCUT2D eigenvalue weighted by Gasteiger charge is -2.37. The van der Waals surface area contributed by atoms with Crippen LogP contribution in [0.3, 0.4) is 0 Å². The molecule has 0 aliphatic carbocycles. The van der Waals surface area contributed by atoms with E-state index in [0.29, 0.717) is 19.8 Å². The molecule has 1 fully saturated rings. The summed E-state index contributed by atoms with van der Waals surface area (Å²) < 4.78 is 24.3. The Morgan fingerprint density at radius 2 is 1.80 bits per heavy atom. The Hall–Kier alpha value is -0.723. The second-order valence-corrected chi connectivity index (χ2v) is 13.0. The van der Waals surface area contributed by atoms with Crippen molar-refractivity contribution in [2.24, 2.45) is 0 Å². The summed E-state index contributed by atoms with van der Waals surface area (Å²) in [5.41, 5.74) is 1.17. The highest BCUT2D eigenvalue weighted by Gasteiger charge is 2.41. The predicted molar refractivity (Wildman–Crippen MR) is 103 cm³/mol. The summed E-state index contributed by atoms with van der Waals surface area (Å²) in [6, 6.07) is 10.2. The molecular weight excluding hydrogens is 332 g/mol. The smallest absolute Gasteiger partial charge is 0.192 e. The normalized spacial score (nSPS) is 24.6. The van der Waals surface area contributed by atoms with Crippen LogP contribution < -0.4 is 0 Å². The molecule has 1 unspecified atom stereocenters. The molecular formula is C20H34O4Si. The third-order valence-corrected chi connectivity index (χ3v) is 9.74. The average Bonchev–Trinajstić information content (AvgIpc) is 2.93. The summed E-state index contributed by atoms with van der Waals surface area (Å²) in [6.45, 7) is 15.1. The number of ether oxygens (including phenoxy) is 3. The van der Waals surface area contributed by atoms with Crippen LogP contribution in [0.5, 0.6) is 0 Å². The van der Waals surface area contributed by atoms with Crippen LogP contribution in [0.25, 0.3) is 0 Å². The molecule has 1 saturated heterocycles. The van der Waals surface area contributed by atoms with Crippen molar-refractivity contribution >= 4 is 8.32 Å². The fraction of sp³-hybridized carbons (Fsp3) is 0.700. The highest BCUT2D eigenvalue weighted by atomic mass is 28.4. The van der Waals surface area contributed by atoms with Crippen LogP contribution in [-0.2, 0) is 25.2 Å². The zero-order valence-electron chi connectivity index (χ0n) is 16.6. The summed E-state index contributed by atoms with van der Waals surface area (Å²) >= 11 is 0. The lowest BCUT2D eigenvalue weighted by atomic mass is 10.2. The van der Waals surface area contributed by atoms with E-state index in [9.17, 15) is 0 Å². The maximum atomic E-state index is 6.36. The molecule has 0 aromatic heterocycles. The van der Waals surface area contributed by atoms with E-state index in [2.05, 4.69) is 46.0 Å². The molecule has 0 spiro atoms. The van der Waals surface area contributed by atoms with Gasteiger partial charge in [0.15, 0.2) is 14.6 Å². The fourth-order valence-corrected chi connectivity index (χ4v) is 3.59. The molecule has 0 radical (unpaired) electrons. The minimum atomic E-state index is -1.81. The van der Waals surface area contributed by atoms with E-state index in [0.717, 1.165) is 6.42 Å². The molecule has 1 aromatic carbocycles. The van der Waals surface area contributed by atoms with Crippen LogP contribution in [-0.4, -0.2) is 40.0 Å². The molecule has 1 aliphatic heterocycles. The molecule has 1 heterocycles. The minimum Gasteiger partial charge on any atom is -0.414 e. The van der Waals surface area contributed by atoms with Gasteiger partial charge in [-0.1, -0.05) is 51.1 Å². The van der Waals surface area contributed by atoms with Gasteiger partial charge in [0.2, 0.25) is 0 Å². The Balaban J connectivity index is 1.94. The molecule has 0 amide bonds. The first-order valence-corrected chi connectivity index (χ1v) is 12.2. The summed E-state index contributed by atoms with van der Waals surface area (Å²) in [5, 5.41) is 0.186. The maximum absolute atomic E-state index is 6.36. The van der Waals surface area contributed by atoms with Crippen LogP contribution in [0.4, 0.5) is 0 Å². The number of hydrogen-bond acceptors (Lipinski definition) is 4. The summed E-state index contributed by atoms with van der Waals surface area (Å²) in [4.78, 5) is 0. The molecule has 142 valence electrons. The lowest BCUT2D eigenvalue weighted by Crippen LogP contribution is -2.44. The first kappa shape index (κ1) is 20.6. The number of rotatable bonds is 8. The van der Waals surface area contributed by atoms with Gasteiger partial charge in [-0.2, -0.15) is 0 Å². The van der Waals surface area contributed by atoms with E-state index < -0.39 is 8.32 Å². The second kappa shape index (κ2) is 8.78. The van der Waals surface area contributed by atoms with Crippen molar-refractivity contribution in [3.05, 3.63) is 35.9 Å². The Labute approximate surface area is 153 Å². The van der Waals surface area contributed by atoms with Gasteiger partial charge in [-0.05, 0) is 30.6 Å². The number of benzene rings is 1. The molecule has 0 N–H and O–H groups in total. The molecule has 4 nitrogen and oxygen atoms in total. The van der Waals surface area contributed by atoms with Crippen molar-refractivity contribution in [3.8, 4) is 0 Å². The van der Waals surface area contributed by atoms with Crippen molar-refractivity contribution in [2.75, 3.05) is 13.2 Å². The molecule has 0 bridgehead atoms. The standard InChI is InChI=1S/C20H34O4Si/c1-7-21-19-13-17(22-14-16-11-9-8-10-12-16)18(24-19)15-23-25(5,6)20(2,3)4/h8-12,17-19H,7,13-15H2,1-6H3/t17-,18-,19?/m1/s1. The molecule has 25 heavy (non-hydrogen) atoms. The minimum absolute atomic E-state index is 0.00141. The molecule has 2 rings (SSSR count). The third kappa shape index (κ3) is 5.90. The molecule has 3 atom stereocenters. The van der Waals surface area contributed by atoms with Gasteiger partial charge >= 0.3 is 0 Å². The summed E-state index contributed by atoms with van der Waals surface area (Å²) in [6.07, 6.45) is 0.487. The van der Waals surface area contributed by atoms with Gasteiger partial charge in [-0.3, -0.25) is 0 Å². The Kier molecular flexibility index (Phi) is 7.23. The van der Waals surface area contributed by atoms with Gasteiger partial charge in [0.25, 0.3) is 0 Å². The van der Waals surface area contributed by atoms with Crippen molar-refractivity contribution in [1.82, 2.24) is 0 Å². The van der Waals surface area contributed by atoms with E-state index in [1.165, 1.54) is 5.56 Å². The van der Waals surface area contributed by atoms with Crippen molar-refractivity contribution < 1.29 is 18.6 Å². The highest BCUT2D eigenvalue weighted by Crippen LogP contribution is 2.37. The lowest BCUT2D eigenvalue weighted by molar-refractivity contribution is -0.141. The SMILES string of the molecule is CCOC1C[C@@H](OCc2ccccc2)[C@@H](CO[Si](C)(C)C(C)(C)C)O1. The van der Waals surface area contributed by atoms with Crippen LogP contribution in [0.1, 0.15) is 39.7 Å². The first-order valence-electron chi connectivity index (χ1n) is 9.29. The molecule has 5 heteroatoms. The van der Waals surface area contributed by atoms with Gasteiger partial charge in [-0.15, -0.1) is 0 Å². The Morgan fingerprint density at radius 3 is 2.40 bits per heavy atom. The van der Waals surface area contributed by atoms with Crippen molar-refractivity contribution in [1.29, 1.82) is 0 Å². The Bertz CT molecular complexity index is 512. The third-order valence-electron chi connectivity index (χ3n) is 5.24. The summed E-state index contributed by atoms with van der Waals surface area (Å²) in [5.74, 6) is 0. The quantitative estimate of drug-likeness (QED) is 0.623.